The van der Waals surface area contributed by atoms with Crippen molar-refractivity contribution >= 4 is 17.2 Å². The smallest absolute Gasteiger partial charge is 0.234 e. The van der Waals surface area contributed by atoms with Gasteiger partial charge in [-0.1, -0.05) is 0 Å². The molecule has 1 aromatic rings. The number of nitrogens with one attached hydrogen (secondary N) is 1. The summed E-state index contributed by atoms with van der Waals surface area (Å²) < 4.78 is 0. The van der Waals surface area contributed by atoms with Crippen LogP contribution >= 0.6 is 11.3 Å². The van der Waals surface area contributed by atoms with Crippen molar-refractivity contribution in [3.63, 3.8) is 0 Å². The minimum Gasteiger partial charge on any atom is -0.355 e. The Morgan fingerprint density at radius 1 is 1.50 bits per heavy atom. The van der Waals surface area contributed by atoms with E-state index in [0.29, 0.717) is 19.1 Å². The van der Waals surface area contributed by atoms with Crippen LogP contribution in [0.4, 0.5) is 0 Å². The molecule has 1 N–H and O–H groups in total. The van der Waals surface area contributed by atoms with Gasteiger partial charge in [-0.15, -0.1) is 21.5 Å². The maximum atomic E-state index is 11.9. The highest BCUT2D eigenvalue weighted by molar-refractivity contribution is 7.11. The van der Waals surface area contributed by atoms with Gasteiger partial charge in [-0.25, -0.2) is 0 Å². The monoisotopic (exact) mass is 297 g/mol. The van der Waals surface area contributed by atoms with E-state index in [4.69, 9.17) is 0 Å². The molecule has 0 spiro atoms. The Labute approximate surface area is 124 Å². The lowest BCUT2D eigenvalue weighted by atomic mass is 10.2. The standard InChI is InChI=1S/C13H23N5OS/c1-10-15-16-13(20-10)4-6-14-12(19)9-18-7-5-11(8-18)17(2)3/h11H,4-9H2,1-3H3,(H,14,19). The third-order valence-corrected chi connectivity index (χ3v) is 4.47. The van der Waals surface area contributed by atoms with Crippen molar-refractivity contribution in [3.8, 4) is 0 Å². The molecule has 1 aromatic heterocycles. The Balaban J connectivity index is 1.63. The first kappa shape index (κ1) is 15.3. The fourth-order valence-corrected chi connectivity index (χ4v) is 3.09. The largest absolute Gasteiger partial charge is 0.355 e. The molecule has 0 aliphatic carbocycles. The third kappa shape index (κ3) is 4.50. The summed E-state index contributed by atoms with van der Waals surface area (Å²) in [5.74, 6) is 0.102. The topological polar surface area (TPSA) is 61.4 Å². The molecular formula is C13H23N5OS. The molecule has 20 heavy (non-hydrogen) atoms. The highest BCUT2D eigenvalue weighted by atomic mass is 32.1. The van der Waals surface area contributed by atoms with Crippen LogP contribution in [0, 0.1) is 6.92 Å². The molecule has 7 heteroatoms. The van der Waals surface area contributed by atoms with Gasteiger partial charge in [-0.2, -0.15) is 0 Å². The van der Waals surface area contributed by atoms with Gasteiger partial charge in [0.1, 0.15) is 10.0 Å². The number of likely N-dealkylation sites (N-methyl/N-ethyl adjacent to an activating group) is 1. The second-order valence-electron chi connectivity index (χ2n) is 5.46. The number of aryl methyl sites for hydroxylation is 1. The lowest BCUT2D eigenvalue weighted by molar-refractivity contribution is -0.122. The Morgan fingerprint density at radius 2 is 2.30 bits per heavy atom. The fourth-order valence-electron chi connectivity index (χ4n) is 2.38. The Bertz CT molecular complexity index is 448. The molecule has 1 fully saturated rings. The fraction of sp³-hybridized carbons (Fsp3) is 0.769. The second-order valence-corrected chi connectivity index (χ2v) is 6.72. The van der Waals surface area contributed by atoms with E-state index >= 15 is 0 Å². The molecule has 0 radical (unpaired) electrons. The molecule has 0 bridgehead atoms. The van der Waals surface area contributed by atoms with Crippen molar-refractivity contribution in [1.29, 1.82) is 0 Å². The number of likely N-dealkylation sites (tertiary alicyclic amines) is 1. The highest BCUT2D eigenvalue weighted by Crippen LogP contribution is 2.12. The van der Waals surface area contributed by atoms with Crippen molar-refractivity contribution in [3.05, 3.63) is 10.0 Å². The number of amides is 1. The number of nitrogens with zero attached hydrogens (tertiary/aromatic N) is 4. The van der Waals surface area contributed by atoms with Gasteiger partial charge in [0.25, 0.3) is 0 Å². The van der Waals surface area contributed by atoms with Crippen molar-refractivity contribution in [1.82, 2.24) is 25.3 Å². The summed E-state index contributed by atoms with van der Waals surface area (Å²) in [5, 5.41) is 12.9. The van der Waals surface area contributed by atoms with E-state index in [1.165, 1.54) is 0 Å². The van der Waals surface area contributed by atoms with Crippen molar-refractivity contribution in [2.24, 2.45) is 0 Å². The Morgan fingerprint density at radius 3 is 2.90 bits per heavy atom. The normalized spacial score (nSPS) is 19.7. The van der Waals surface area contributed by atoms with Gasteiger partial charge in [-0.3, -0.25) is 9.69 Å². The zero-order valence-electron chi connectivity index (χ0n) is 12.4. The number of carbonyl (C=O) groups is 1. The number of carbonyl (C=O) groups excluding carboxylic acids is 1. The quantitative estimate of drug-likeness (QED) is 0.809. The minimum absolute atomic E-state index is 0.102. The van der Waals surface area contributed by atoms with E-state index in [1.807, 2.05) is 6.92 Å². The first-order chi connectivity index (χ1) is 9.54. The van der Waals surface area contributed by atoms with E-state index < -0.39 is 0 Å². The lowest BCUT2D eigenvalue weighted by Gasteiger charge is -2.20. The van der Waals surface area contributed by atoms with Gasteiger partial charge in [0, 0.05) is 32.1 Å². The van der Waals surface area contributed by atoms with Gasteiger partial charge in [0.15, 0.2) is 0 Å². The molecule has 112 valence electrons. The zero-order chi connectivity index (χ0) is 14.5. The summed E-state index contributed by atoms with van der Waals surface area (Å²) in [6.07, 6.45) is 1.90. The third-order valence-electron chi connectivity index (χ3n) is 3.57. The molecule has 1 aliphatic rings. The summed E-state index contributed by atoms with van der Waals surface area (Å²) in [6.45, 7) is 5.06. The lowest BCUT2D eigenvalue weighted by Crippen LogP contribution is -2.38. The van der Waals surface area contributed by atoms with Crippen LogP contribution in [0.15, 0.2) is 0 Å². The average Bonchev–Trinajstić information content (AvgIpc) is 2.99. The summed E-state index contributed by atoms with van der Waals surface area (Å²) in [4.78, 5) is 16.3. The predicted octanol–water partition coefficient (Wildman–Crippen LogP) is 0.141. The van der Waals surface area contributed by atoms with Crippen LogP contribution in [0.3, 0.4) is 0 Å². The van der Waals surface area contributed by atoms with Crippen molar-refractivity contribution < 1.29 is 4.79 Å². The molecule has 6 nitrogen and oxygen atoms in total. The van der Waals surface area contributed by atoms with E-state index in [1.54, 1.807) is 11.3 Å². The maximum absolute atomic E-state index is 11.9. The van der Waals surface area contributed by atoms with Crippen molar-refractivity contribution in [2.75, 3.05) is 40.3 Å². The molecule has 2 rings (SSSR count). The molecule has 0 saturated carbocycles. The average molecular weight is 297 g/mol. The Hall–Kier alpha value is -1.05. The van der Waals surface area contributed by atoms with Crippen LogP contribution in [0.25, 0.3) is 0 Å². The van der Waals surface area contributed by atoms with Crippen LogP contribution < -0.4 is 5.32 Å². The number of aromatic nitrogens is 2. The SMILES string of the molecule is Cc1nnc(CCNC(=O)CN2CCC(N(C)C)C2)s1. The van der Waals surface area contributed by atoms with Gasteiger partial charge in [0.05, 0.1) is 6.54 Å². The summed E-state index contributed by atoms with van der Waals surface area (Å²) in [6, 6.07) is 0.576. The molecule has 2 heterocycles. The van der Waals surface area contributed by atoms with E-state index in [0.717, 1.165) is 35.9 Å². The summed E-state index contributed by atoms with van der Waals surface area (Å²) in [5.41, 5.74) is 0. The van der Waals surface area contributed by atoms with E-state index in [-0.39, 0.29) is 5.91 Å². The zero-order valence-corrected chi connectivity index (χ0v) is 13.2. The molecule has 1 aliphatic heterocycles. The first-order valence-corrected chi connectivity index (χ1v) is 7.80. The molecule has 1 atom stereocenters. The summed E-state index contributed by atoms with van der Waals surface area (Å²) in [7, 11) is 4.19. The molecule has 1 amide bonds. The van der Waals surface area contributed by atoms with Crippen LogP contribution in [-0.4, -0.2) is 72.2 Å². The maximum Gasteiger partial charge on any atom is 0.234 e. The molecule has 0 aromatic carbocycles. The van der Waals surface area contributed by atoms with Crippen LogP contribution in [0.1, 0.15) is 16.4 Å². The number of rotatable bonds is 6. The number of hydrogen-bond acceptors (Lipinski definition) is 6. The van der Waals surface area contributed by atoms with Crippen LogP contribution in [-0.2, 0) is 11.2 Å². The molecular weight excluding hydrogens is 274 g/mol. The van der Waals surface area contributed by atoms with Gasteiger partial charge in [-0.05, 0) is 27.4 Å². The predicted molar refractivity (Wildman–Crippen MR) is 79.9 cm³/mol. The highest BCUT2D eigenvalue weighted by Gasteiger charge is 2.24. The first-order valence-electron chi connectivity index (χ1n) is 6.99. The molecule has 1 saturated heterocycles. The number of hydrogen-bond donors (Lipinski definition) is 1. The van der Waals surface area contributed by atoms with Crippen molar-refractivity contribution in [2.45, 2.75) is 25.8 Å². The van der Waals surface area contributed by atoms with Crippen LogP contribution in [0.5, 0.6) is 0 Å². The van der Waals surface area contributed by atoms with Gasteiger partial charge < -0.3 is 10.2 Å². The van der Waals surface area contributed by atoms with E-state index in [2.05, 4.69) is 39.4 Å². The Kier molecular flexibility index (Phi) is 5.45. The summed E-state index contributed by atoms with van der Waals surface area (Å²) >= 11 is 1.59. The minimum atomic E-state index is 0.102. The van der Waals surface area contributed by atoms with Gasteiger partial charge >= 0.3 is 0 Å². The second kappa shape index (κ2) is 7.10. The van der Waals surface area contributed by atoms with Gasteiger partial charge in [0.2, 0.25) is 5.91 Å². The van der Waals surface area contributed by atoms with E-state index in [9.17, 15) is 4.79 Å². The molecule has 1 unspecified atom stereocenters. The van der Waals surface area contributed by atoms with Crippen LogP contribution in [0.2, 0.25) is 0 Å².